The molecule has 198 valence electrons. The summed E-state index contributed by atoms with van der Waals surface area (Å²) in [4.78, 5) is 29.7. The third kappa shape index (κ3) is 5.71. The van der Waals surface area contributed by atoms with Crippen LogP contribution in [0.15, 0.2) is 66.7 Å². The normalized spacial score (nSPS) is 19.8. The Morgan fingerprint density at radius 1 is 0.895 bits per heavy atom. The lowest BCUT2D eigenvalue weighted by atomic mass is 10.0. The second-order valence-electron chi connectivity index (χ2n) is 9.97. The molecule has 5 rings (SSSR count). The first-order chi connectivity index (χ1) is 18.3. The Balaban J connectivity index is 1.20. The minimum atomic E-state index is -0.806. The molecule has 9 heteroatoms. The molecule has 0 aliphatic carbocycles. The lowest BCUT2D eigenvalue weighted by Gasteiger charge is -2.25. The first kappa shape index (κ1) is 26.3. The monoisotopic (exact) mass is 541 g/mol. The van der Waals surface area contributed by atoms with Crippen molar-refractivity contribution < 1.29 is 22.8 Å². The number of likely N-dealkylation sites (tertiary alicyclic amines) is 2. The van der Waals surface area contributed by atoms with E-state index in [0.717, 1.165) is 36.9 Å². The Morgan fingerprint density at radius 2 is 1.55 bits per heavy atom. The van der Waals surface area contributed by atoms with Gasteiger partial charge in [0.1, 0.15) is 17.5 Å². The zero-order chi connectivity index (χ0) is 26.8. The number of carbonyl (C=O) groups is 2. The molecule has 2 fully saturated rings. The van der Waals surface area contributed by atoms with Gasteiger partial charge in [0, 0.05) is 44.4 Å². The summed E-state index contributed by atoms with van der Waals surface area (Å²) in [5, 5.41) is 3.04. The summed E-state index contributed by atoms with van der Waals surface area (Å²) in [7, 11) is 0. The minimum absolute atomic E-state index is 0.0705. The number of carbonyl (C=O) groups excluding carboxylic acids is 2. The number of fused-ring (bicyclic) bond motifs is 1. The van der Waals surface area contributed by atoms with Crippen LogP contribution in [0.1, 0.15) is 38.7 Å². The molecule has 2 unspecified atom stereocenters. The largest absolute Gasteiger partial charge is 0.345 e. The van der Waals surface area contributed by atoms with E-state index < -0.39 is 23.4 Å². The van der Waals surface area contributed by atoms with Crippen LogP contribution in [0.2, 0.25) is 5.02 Å². The fourth-order valence-electron chi connectivity index (χ4n) is 5.54. The van der Waals surface area contributed by atoms with Crippen molar-refractivity contribution in [3.8, 4) is 0 Å². The van der Waals surface area contributed by atoms with Crippen molar-refractivity contribution in [2.24, 2.45) is 11.8 Å². The van der Waals surface area contributed by atoms with Gasteiger partial charge in [0.2, 0.25) is 0 Å². The van der Waals surface area contributed by atoms with Crippen molar-refractivity contribution >= 4 is 23.4 Å². The van der Waals surface area contributed by atoms with Gasteiger partial charge in [-0.1, -0.05) is 48.0 Å². The lowest BCUT2D eigenvalue weighted by molar-refractivity contribution is 0.0769. The Morgan fingerprint density at radius 3 is 2.18 bits per heavy atom. The summed E-state index contributed by atoms with van der Waals surface area (Å²) < 4.78 is 41.6. The number of halogens is 4. The van der Waals surface area contributed by atoms with E-state index in [1.54, 1.807) is 4.90 Å². The van der Waals surface area contributed by atoms with E-state index in [4.69, 9.17) is 11.6 Å². The fourth-order valence-corrected chi connectivity index (χ4v) is 5.79. The molecule has 0 saturated carbocycles. The van der Waals surface area contributed by atoms with Gasteiger partial charge < -0.3 is 15.1 Å². The zero-order valence-electron chi connectivity index (χ0n) is 20.5. The third-order valence-corrected chi connectivity index (χ3v) is 7.71. The summed E-state index contributed by atoms with van der Waals surface area (Å²) in [5.41, 5.74) is 0.750. The maximum Gasteiger partial charge on any atom is 0.258 e. The van der Waals surface area contributed by atoms with Crippen LogP contribution >= 0.6 is 11.6 Å². The quantitative estimate of drug-likeness (QED) is 0.440. The second kappa shape index (κ2) is 11.2. The molecule has 2 heterocycles. The summed E-state index contributed by atoms with van der Waals surface area (Å²) >= 11 is 6.10. The highest BCUT2D eigenvalue weighted by Gasteiger charge is 2.42. The van der Waals surface area contributed by atoms with E-state index in [2.05, 4.69) is 10.2 Å². The highest BCUT2D eigenvalue weighted by Crippen LogP contribution is 2.34. The maximum absolute atomic E-state index is 14.3. The molecular formula is C29H27ClF3N3O2. The molecule has 0 spiro atoms. The van der Waals surface area contributed by atoms with Gasteiger partial charge in [0.25, 0.3) is 11.8 Å². The summed E-state index contributed by atoms with van der Waals surface area (Å²) in [6.07, 6.45) is 0.598. The van der Waals surface area contributed by atoms with Crippen LogP contribution in [0, 0.1) is 29.3 Å². The highest BCUT2D eigenvalue weighted by atomic mass is 35.5. The summed E-state index contributed by atoms with van der Waals surface area (Å²) in [6, 6.07) is 16.1. The predicted molar refractivity (Wildman–Crippen MR) is 138 cm³/mol. The summed E-state index contributed by atoms with van der Waals surface area (Å²) in [5.74, 6) is -2.61. The van der Waals surface area contributed by atoms with E-state index in [1.807, 2.05) is 30.3 Å². The average Bonchev–Trinajstić information content (AvgIpc) is 3.45. The average molecular weight is 542 g/mol. The van der Waals surface area contributed by atoms with Crippen molar-refractivity contribution in [1.29, 1.82) is 0 Å². The molecular weight excluding hydrogens is 515 g/mol. The van der Waals surface area contributed by atoms with Crippen molar-refractivity contribution in [1.82, 2.24) is 15.1 Å². The predicted octanol–water partition coefficient (Wildman–Crippen LogP) is 5.32. The van der Waals surface area contributed by atoms with Gasteiger partial charge in [-0.25, -0.2) is 13.2 Å². The molecule has 0 aromatic heterocycles. The van der Waals surface area contributed by atoms with Gasteiger partial charge in [-0.3, -0.25) is 9.59 Å². The van der Waals surface area contributed by atoms with Crippen LogP contribution in [0.4, 0.5) is 13.2 Å². The van der Waals surface area contributed by atoms with Gasteiger partial charge in [0.05, 0.1) is 16.6 Å². The van der Waals surface area contributed by atoms with Crippen LogP contribution in [0.25, 0.3) is 0 Å². The molecule has 2 saturated heterocycles. The lowest BCUT2D eigenvalue weighted by Crippen LogP contribution is -2.35. The van der Waals surface area contributed by atoms with Crippen LogP contribution < -0.4 is 5.32 Å². The number of nitrogens with zero attached hydrogens (tertiary/aromatic N) is 2. The Bertz CT molecular complexity index is 1290. The first-order valence-corrected chi connectivity index (χ1v) is 12.9. The van der Waals surface area contributed by atoms with Crippen molar-refractivity contribution in [2.45, 2.75) is 12.5 Å². The van der Waals surface area contributed by atoms with Crippen molar-refractivity contribution in [3.63, 3.8) is 0 Å². The zero-order valence-corrected chi connectivity index (χ0v) is 21.3. The molecule has 5 nitrogen and oxygen atoms in total. The molecule has 1 N–H and O–H groups in total. The number of rotatable bonds is 7. The molecule has 2 amide bonds. The van der Waals surface area contributed by atoms with E-state index in [-0.39, 0.29) is 39.9 Å². The molecule has 3 aromatic rings. The molecule has 0 bridgehead atoms. The van der Waals surface area contributed by atoms with Gasteiger partial charge >= 0.3 is 0 Å². The summed E-state index contributed by atoms with van der Waals surface area (Å²) in [6.45, 7) is 3.33. The Labute approximate surface area is 224 Å². The van der Waals surface area contributed by atoms with Crippen LogP contribution in [-0.4, -0.2) is 54.3 Å². The van der Waals surface area contributed by atoms with Gasteiger partial charge in [-0.15, -0.1) is 0 Å². The molecule has 38 heavy (non-hydrogen) atoms. The van der Waals surface area contributed by atoms with Crippen molar-refractivity contribution in [3.05, 3.63) is 106 Å². The number of nitrogens with one attached hydrogen (secondary N) is 1. The maximum atomic E-state index is 14.3. The SMILES string of the molecule is O=C(NC(CCN1CC2CN(C(=O)c3c(F)cccc3Cl)C[C@@H]2C1)c1ccccc1)c1cc(F)cc(F)c1. The standard InChI is InChI=1S/C29H27ClF3N3O2/c30-24-7-4-8-25(33)27(24)29(38)36-16-20-14-35(15-21(20)17-36)10-9-26(18-5-2-1-3-6-18)34-28(37)19-11-22(31)13-23(32)12-19/h1-8,11-13,20-21,26H,9-10,14-17H2,(H,34,37)/t20-,21?,26?/m0/s1. The van der Waals surface area contributed by atoms with Gasteiger partial charge in [-0.05, 0) is 48.1 Å². The first-order valence-electron chi connectivity index (χ1n) is 12.6. The van der Waals surface area contributed by atoms with Crippen LogP contribution in [-0.2, 0) is 0 Å². The molecule has 0 radical (unpaired) electrons. The topological polar surface area (TPSA) is 52.7 Å². The minimum Gasteiger partial charge on any atom is -0.345 e. The number of hydrogen-bond acceptors (Lipinski definition) is 3. The van der Waals surface area contributed by atoms with Gasteiger partial charge in [-0.2, -0.15) is 0 Å². The van der Waals surface area contributed by atoms with E-state index in [0.29, 0.717) is 26.1 Å². The number of amides is 2. The highest BCUT2D eigenvalue weighted by molar-refractivity contribution is 6.33. The molecule has 3 aromatic carbocycles. The van der Waals surface area contributed by atoms with Crippen LogP contribution in [0.3, 0.4) is 0 Å². The molecule has 2 aliphatic heterocycles. The van der Waals surface area contributed by atoms with Gasteiger partial charge in [0.15, 0.2) is 0 Å². The third-order valence-electron chi connectivity index (χ3n) is 7.39. The van der Waals surface area contributed by atoms with E-state index in [9.17, 15) is 22.8 Å². The second-order valence-corrected chi connectivity index (χ2v) is 10.4. The Kier molecular flexibility index (Phi) is 7.72. The smallest absolute Gasteiger partial charge is 0.258 e. The van der Waals surface area contributed by atoms with Crippen LogP contribution in [0.5, 0.6) is 0 Å². The Hall–Kier alpha value is -3.36. The number of benzene rings is 3. The fraction of sp³-hybridized carbons (Fsp3) is 0.310. The van der Waals surface area contributed by atoms with Crippen molar-refractivity contribution in [2.75, 3.05) is 32.7 Å². The number of hydrogen-bond donors (Lipinski definition) is 1. The van der Waals surface area contributed by atoms with E-state index in [1.165, 1.54) is 18.2 Å². The van der Waals surface area contributed by atoms with E-state index >= 15 is 0 Å². The molecule has 3 atom stereocenters. The molecule has 2 aliphatic rings.